The van der Waals surface area contributed by atoms with Crippen molar-refractivity contribution >= 4 is 57.4 Å². The Hall–Kier alpha value is -1.63. The Morgan fingerprint density at radius 3 is 2.70 bits per heavy atom. The van der Waals surface area contributed by atoms with Gasteiger partial charge in [-0.25, -0.2) is 18.1 Å². The van der Waals surface area contributed by atoms with Gasteiger partial charge in [0.2, 0.25) is 10.0 Å². The van der Waals surface area contributed by atoms with Crippen LogP contribution in [0, 0.1) is 0 Å². The fourth-order valence-corrected chi connectivity index (χ4v) is 4.41. The van der Waals surface area contributed by atoms with Gasteiger partial charge in [-0.3, -0.25) is 4.99 Å². The first kappa shape index (κ1) is 24.6. The van der Waals surface area contributed by atoms with Crippen molar-refractivity contribution in [3.8, 4) is 0 Å². The third-order valence-electron chi connectivity index (χ3n) is 4.55. The summed E-state index contributed by atoms with van der Waals surface area (Å²) in [6.45, 7) is 2.27. The van der Waals surface area contributed by atoms with Crippen molar-refractivity contribution in [2.24, 2.45) is 4.99 Å². The van der Waals surface area contributed by atoms with Crippen LogP contribution in [-0.4, -0.2) is 58.6 Å². The lowest BCUT2D eigenvalue weighted by atomic mass is 10.3. The highest BCUT2D eigenvalue weighted by molar-refractivity contribution is 14.0. The van der Waals surface area contributed by atoms with Crippen LogP contribution in [-0.2, 0) is 10.0 Å². The summed E-state index contributed by atoms with van der Waals surface area (Å²) in [5, 5.41) is 7.14. The van der Waals surface area contributed by atoms with Crippen molar-refractivity contribution in [1.29, 1.82) is 0 Å². The average molecular weight is 565 g/mol. The van der Waals surface area contributed by atoms with Crippen molar-refractivity contribution in [2.45, 2.75) is 17.4 Å². The zero-order chi connectivity index (χ0) is 20.7. The molecule has 1 aliphatic rings. The van der Waals surface area contributed by atoms with Gasteiger partial charge in [0.15, 0.2) is 5.96 Å². The molecule has 30 heavy (non-hydrogen) atoms. The van der Waals surface area contributed by atoms with E-state index in [1.54, 1.807) is 43.6 Å². The van der Waals surface area contributed by atoms with E-state index >= 15 is 0 Å². The van der Waals surface area contributed by atoms with E-state index in [1.807, 2.05) is 12.1 Å². The predicted octanol–water partition coefficient (Wildman–Crippen LogP) is 2.08. The molecule has 1 aromatic carbocycles. The number of halogens is 2. The van der Waals surface area contributed by atoms with E-state index in [0.717, 1.165) is 25.3 Å². The van der Waals surface area contributed by atoms with Crippen LogP contribution >= 0.6 is 35.6 Å². The second-order valence-electron chi connectivity index (χ2n) is 6.59. The predicted molar refractivity (Wildman–Crippen MR) is 131 cm³/mol. The smallest absolute Gasteiger partial charge is 0.240 e. The summed E-state index contributed by atoms with van der Waals surface area (Å²) in [4.78, 5) is 11.0. The lowest BCUT2D eigenvalue weighted by Crippen LogP contribution is -2.46. The minimum Gasteiger partial charge on any atom is -0.355 e. The molecule has 1 unspecified atom stereocenters. The first-order valence-electron chi connectivity index (χ1n) is 9.37. The maximum absolute atomic E-state index is 12.2. The largest absolute Gasteiger partial charge is 0.355 e. The van der Waals surface area contributed by atoms with Crippen LogP contribution in [0.15, 0.2) is 58.5 Å². The van der Waals surface area contributed by atoms with Gasteiger partial charge in [-0.1, -0.05) is 29.8 Å². The number of rotatable bonds is 7. The van der Waals surface area contributed by atoms with E-state index in [1.165, 1.54) is 0 Å². The van der Waals surface area contributed by atoms with Gasteiger partial charge >= 0.3 is 0 Å². The Morgan fingerprint density at radius 1 is 1.23 bits per heavy atom. The van der Waals surface area contributed by atoms with Gasteiger partial charge in [-0.05, 0) is 30.7 Å². The van der Waals surface area contributed by atoms with E-state index in [9.17, 15) is 8.42 Å². The van der Waals surface area contributed by atoms with Gasteiger partial charge < -0.3 is 15.5 Å². The number of benzene rings is 1. The molecule has 0 aliphatic carbocycles. The number of sulfonamides is 1. The third-order valence-corrected chi connectivity index (χ3v) is 6.33. The molecular formula is C19H26ClIN6O2S. The maximum atomic E-state index is 12.2. The number of nitrogens with one attached hydrogen (secondary N) is 3. The Bertz CT molecular complexity index is 945. The quantitative estimate of drug-likeness (QED) is 0.206. The molecule has 2 aromatic rings. The number of hydrogen-bond acceptors (Lipinski definition) is 5. The molecule has 8 nitrogen and oxygen atoms in total. The van der Waals surface area contributed by atoms with Crippen LogP contribution < -0.4 is 20.3 Å². The molecule has 0 bridgehead atoms. The monoisotopic (exact) mass is 564 g/mol. The second-order valence-corrected chi connectivity index (χ2v) is 8.77. The SMILES string of the molecule is CN=C(NCCNS(=O)(=O)c1ccccc1)NC1CCN(c2ncccc2Cl)C1.I. The van der Waals surface area contributed by atoms with Crippen LogP contribution in [0.2, 0.25) is 5.02 Å². The summed E-state index contributed by atoms with van der Waals surface area (Å²) in [7, 11) is -1.82. The van der Waals surface area contributed by atoms with Crippen molar-refractivity contribution in [3.63, 3.8) is 0 Å². The molecule has 0 spiro atoms. The first-order chi connectivity index (χ1) is 14.0. The minimum absolute atomic E-state index is 0. The molecule has 164 valence electrons. The zero-order valence-electron chi connectivity index (χ0n) is 16.6. The molecule has 2 heterocycles. The molecule has 1 aromatic heterocycles. The molecule has 3 rings (SSSR count). The number of pyridine rings is 1. The van der Waals surface area contributed by atoms with Gasteiger partial charge in [0.25, 0.3) is 0 Å². The van der Waals surface area contributed by atoms with Crippen molar-refractivity contribution in [3.05, 3.63) is 53.7 Å². The van der Waals surface area contributed by atoms with Crippen molar-refractivity contribution in [2.75, 3.05) is 38.1 Å². The highest BCUT2D eigenvalue weighted by Gasteiger charge is 2.25. The fourth-order valence-electron chi connectivity index (χ4n) is 3.12. The third kappa shape index (κ3) is 6.69. The molecular weight excluding hydrogens is 539 g/mol. The van der Waals surface area contributed by atoms with Crippen LogP contribution in [0.4, 0.5) is 5.82 Å². The Balaban J connectivity index is 0.00000320. The van der Waals surface area contributed by atoms with Crippen molar-refractivity contribution < 1.29 is 8.42 Å². The van der Waals surface area contributed by atoms with Crippen molar-refractivity contribution in [1.82, 2.24) is 20.3 Å². The van der Waals surface area contributed by atoms with E-state index in [0.29, 0.717) is 17.5 Å². The zero-order valence-corrected chi connectivity index (χ0v) is 20.5. The summed E-state index contributed by atoms with van der Waals surface area (Å²) < 4.78 is 27.0. The maximum Gasteiger partial charge on any atom is 0.240 e. The Labute approximate surface area is 199 Å². The Kier molecular flexibility index (Phi) is 9.59. The van der Waals surface area contributed by atoms with Gasteiger partial charge in [-0.15, -0.1) is 24.0 Å². The van der Waals surface area contributed by atoms with E-state index < -0.39 is 10.0 Å². The van der Waals surface area contributed by atoms with Crippen LogP contribution in [0.3, 0.4) is 0 Å². The minimum atomic E-state index is -3.51. The van der Waals surface area contributed by atoms with Gasteiger partial charge in [0, 0.05) is 45.5 Å². The highest BCUT2D eigenvalue weighted by atomic mass is 127. The standard InChI is InChI=1S/C19H25ClN6O2S.HI/c1-21-19(23-11-12-24-29(27,28)16-6-3-2-4-7-16)25-15-9-13-26(14-15)18-17(20)8-5-10-22-18;/h2-8,10,15,24H,9,11-14H2,1H3,(H2,21,23,25);1H. The lowest BCUT2D eigenvalue weighted by molar-refractivity contribution is 0.579. The molecule has 0 amide bonds. The number of aliphatic imine (C=N–C) groups is 1. The summed E-state index contributed by atoms with van der Waals surface area (Å²) in [6.07, 6.45) is 2.66. The molecule has 1 atom stereocenters. The normalized spacial score (nSPS) is 16.8. The Morgan fingerprint density at radius 2 is 2.00 bits per heavy atom. The molecule has 1 fully saturated rings. The summed E-state index contributed by atoms with van der Waals surface area (Å²) in [5.74, 6) is 1.42. The average Bonchev–Trinajstić information content (AvgIpc) is 3.19. The van der Waals surface area contributed by atoms with Gasteiger partial charge in [0.05, 0.1) is 9.92 Å². The first-order valence-corrected chi connectivity index (χ1v) is 11.2. The van der Waals surface area contributed by atoms with Gasteiger partial charge in [0.1, 0.15) is 5.82 Å². The summed E-state index contributed by atoms with van der Waals surface area (Å²) in [5.41, 5.74) is 0. The number of guanidine groups is 1. The molecule has 0 saturated carbocycles. The molecule has 0 radical (unpaired) electrons. The van der Waals surface area contributed by atoms with Gasteiger partial charge in [-0.2, -0.15) is 0 Å². The number of hydrogen-bond donors (Lipinski definition) is 3. The highest BCUT2D eigenvalue weighted by Crippen LogP contribution is 2.25. The topological polar surface area (TPSA) is 98.7 Å². The molecule has 1 saturated heterocycles. The molecule has 1 aliphatic heterocycles. The number of nitrogens with zero attached hydrogens (tertiary/aromatic N) is 3. The van der Waals surface area contributed by atoms with E-state index in [2.05, 4.69) is 30.2 Å². The van der Waals surface area contributed by atoms with Crippen LogP contribution in [0.5, 0.6) is 0 Å². The van der Waals surface area contributed by atoms with E-state index in [4.69, 9.17) is 11.6 Å². The van der Waals surface area contributed by atoms with E-state index in [-0.39, 0.29) is 41.5 Å². The fraction of sp³-hybridized carbons (Fsp3) is 0.368. The summed E-state index contributed by atoms with van der Waals surface area (Å²) >= 11 is 6.23. The molecule has 3 N–H and O–H groups in total. The summed E-state index contributed by atoms with van der Waals surface area (Å²) in [6, 6.07) is 12.1. The molecule has 11 heteroatoms. The number of aromatic nitrogens is 1. The van der Waals surface area contributed by atoms with Crippen LogP contribution in [0.1, 0.15) is 6.42 Å². The van der Waals surface area contributed by atoms with Crippen LogP contribution in [0.25, 0.3) is 0 Å². The lowest BCUT2D eigenvalue weighted by Gasteiger charge is -2.20. The number of anilines is 1. The second kappa shape index (κ2) is 11.7.